The molecule has 18 heavy (non-hydrogen) atoms. The maximum Gasteiger partial charge on any atom is 0.159 e. The van der Waals surface area contributed by atoms with Crippen LogP contribution in [-0.4, -0.2) is 18.9 Å². The summed E-state index contributed by atoms with van der Waals surface area (Å²) >= 11 is 6.31. The molecule has 0 saturated heterocycles. The van der Waals surface area contributed by atoms with Gasteiger partial charge in [-0.15, -0.1) is 0 Å². The van der Waals surface area contributed by atoms with Gasteiger partial charge in [0, 0.05) is 18.7 Å². The maximum atomic E-state index is 11.3. The van der Waals surface area contributed by atoms with Crippen LogP contribution in [0.4, 0.5) is 5.69 Å². The molecule has 0 amide bonds. The van der Waals surface area contributed by atoms with Gasteiger partial charge in [0.15, 0.2) is 5.78 Å². The van der Waals surface area contributed by atoms with E-state index in [9.17, 15) is 4.79 Å². The first-order valence-corrected chi connectivity index (χ1v) is 7.05. The summed E-state index contributed by atoms with van der Waals surface area (Å²) in [7, 11) is 0. The number of rotatable bonds is 6. The number of hydrogen-bond donors (Lipinski definition) is 0. The zero-order valence-electron chi connectivity index (χ0n) is 11.1. The minimum Gasteiger partial charge on any atom is -0.370 e. The molecular weight excluding hydrogens is 246 g/mol. The van der Waals surface area contributed by atoms with Crippen molar-refractivity contribution in [1.29, 1.82) is 0 Å². The van der Waals surface area contributed by atoms with E-state index in [1.807, 2.05) is 12.1 Å². The molecule has 98 valence electrons. The molecule has 1 aromatic carbocycles. The number of carbonyl (C=O) groups is 1. The Morgan fingerprint density at radius 3 is 2.67 bits per heavy atom. The fraction of sp³-hybridized carbons (Fsp3) is 0.533. The van der Waals surface area contributed by atoms with Crippen molar-refractivity contribution < 1.29 is 4.79 Å². The summed E-state index contributed by atoms with van der Waals surface area (Å²) in [6.07, 6.45) is 3.78. The summed E-state index contributed by atoms with van der Waals surface area (Å²) < 4.78 is 0. The molecule has 1 aromatic rings. The van der Waals surface area contributed by atoms with Gasteiger partial charge in [-0.25, -0.2) is 0 Å². The second-order valence-electron chi connectivity index (χ2n) is 5.11. The minimum atomic E-state index is 0.0627. The Balaban J connectivity index is 2.20. The summed E-state index contributed by atoms with van der Waals surface area (Å²) in [5, 5.41) is 0.691. The van der Waals surface area contributed by atoms with Gasteiger partial charge in [-0.1, -0.05) is 18.5 Å². The predicted octanol–water partition coefficient (Wildman–Crippen LogP) is 4.17. The molecule has 0 spiro atoms. The van der Waals surface area contributed by atoms with Gasteiger partial charge in [0.2, 0.25) is 0 Å². The molecule has 3 heteroatoms. The van der Waals surface area contributed by atoms with Crippen molar-refractivity contribution in [2.24, 2.45) is 5.92 Å². The second-order valence-corrected chi connectivity index (χ2v) is 5.52. The minimum absolute atomic E-state index is 0.0627. The molecule has 0 aromatic heterocycles. The van der Waals surface area contributed by atoms with Gasteiger partial charge < -0.3 is 4.90 Å². The molecule has 0 bridgehead atoms. The smallest absolute Gasteiger partial charge is 0.159 e. The molecule has 1 fully saturated rings. The first-order chi connectivity index (χ1) is 8.61. The highest BCUT2D eigenvalue weighted by Gasteiger charge is 2.25. The van der Waals surface area contributed by atoms with E-state index in [1.54, 1.807) is 13.0 Å². The van der Waals surface area contributed by atoms with Crippen LogP contribution in [0.1, 0.15) is 43.5 Å². The van der Waals surface area contributed by atoms with Crippen LogP contribution in [0.3, 0.4) is 0 Å². The van der Waals surface area contributed by atoms with Gasteiger partial charge in [0.05, 0.1) is 10.7 Å². The summed E-state index contributed by atoms with van der Waals surface area (Å²) in [4.78, 5) is 13.7. The first-order valence-electron chi connectivity index (χ1n) is 6.67. The van der Waals surface area contributed by atoms with Gasteiger partial charge >= 0.3 is 0 Å². The van der Waals surface area contributed by atoms with Crippen LogP contribution in [-0.2, 0) is 0 Å². The molecule has 0 atom stereocenters. The predicted molar refractivity (Wildman–Crippen MR) is 76.7 cm³/mol. The Kier molecular flexibility index (Phi) is 4.28. The number of hydrogen-bond acceptors (Lipinski definition) is 2. The van der Waals surface area contributed by atoms with Crippen LogP contribution < -0.4 is 4.90 Å². The quantitative estimate of drug-likeness (QED) is 0.720. The number of carbonyl (C=O) groups excluding carboxylic acids is 1. The van der Waals surface area contributed by atoms with Crippen LogP contribution in [0.15, 0.2) is 18.2 Å². The molecule has 2 rings (SSSR count). The van der Waals surface area contributed by atoms with E-state index in [0.717, 1.165) is 31.1 Å². The molecule has 1 saturated carbocycles. The van der Waals surface area contributed by atoms with Crippen LogP contribution in [0.2, 0.25) is 5.02 Å². The van der Waals surface area contributed by atoms with Gasteiger partial charge in [-0.3, -0.25) is 4.79 Å². The molecule has 2 nitrogen and oxygen atoms in total. The normalized spacial score (nSPS) is 14.6. The lowest BCUT2D eigenvalue weighted by Gasteiger charge is -2.25. The van der Waals surface area contributed by atoms with E-state index >= 15 is 0 Å². The van der Waals surface area contributed by atoms with E-state index < -0.39 is 0 Å². The van der Waals surface area contributed by atoms with Crippen LogP contribution >= 0.6 is 11.6 Å². The van der Waals surface area contributed by atoms with Crippen LogP contribution in [0, 0.1) is 5.92 Å². The van der Waals surface area contributed by atoms with Gasteiger partial charge in [0.25, 0.3) is 0 Å². The Bertz CT molecular complexity index is 440. The van der Waals surface area contributed by atoms with E-state index in [1.165, 1.54) is 12.8 Å². The van der Waals surface area contributed by atoms with E-state index in [-0.39, 0.29) is 5.78 Å². The van der Waals surface area contributed by atoms with Gasteiger partial charge in [-0.05, 0) is 50.3 Å². The van der Waals surface area contributed by atoms with Gasteiger partial charge in [0.1, 0.15) is 0 Å². The summed E-state index contributed by atoms with van der Waals surface area (Å²) in [5.41, 5.74) is 1.75. The topological polar surface area (TPSA) is 20.3 Å². The van der Waals surface area contributed by atoms with Crippen molar-refractivity contribution >= 4 is 23.1 Å². The molecule has 1 aliphatic rings. The largest absolute Gasteiger partial charge is 0.370 e. The standard InChI is InChI=1S/C15H20ClNO/c1-3-8-17(10-12-4-5-12)15-7-6-13(11(2)18)9-14(15)16/h6-7,9,12H,3-5,8,10H2,1-2H3. The zero-order valence-corrected chi connectivity index (χ0v) is 11.8. The highest BCUT2D eigenvalue weighted by atomic mass is 35.5. The third kappa shape index (κ3) is 3.26. The molecule has 0 aliphatic heterocycles. The van der Waals surface area contributed by atoms with Crippen LogP contribution in [0.5, 0.6) is 0 Å². The van der Waals surface area contributed by atoms with Crippen molar-refractivity contribution in [3.05, 3.63) is 28.8 Å². The second kappa shape index (κ2) is 5.75. The monoisotopic (exact) mass is 265 g/mol. The third-order valence-electron chi connectivity index (χ3n) is 3.36. The lowest BCUT2D eigenvalue weighted by Crippen LogP contribution is -2.26. The zero-order chi connectivity index (χ0) is 13.1. The lowest BCUT2D eigenvalue weighted by atomic mass is 10.1. The molecule has 1 aliphatic carbocycles. The Morgan fingerprint density at radius 1 is 1.44 bits per heavy atom. The van der Waals surface area contributed by atoms with Crippen molar-refractivity contribution in [2.75, 3.05) is 18.0 Å². The molecular formula is C15H20ClNO. The number of anilines is 1. The van der Waals surface area contributed by atoms with Crippen molar-refractivity contribution in [1.82, 2.24) is 0 Å². The molecule has 0 unspecified atom stereocenters. The number of nitrogens with zero attached hydrogens (tertiary/aromatic N) is 1. The fourth-order valence-corrected chi connectivity index (χ4v) is 2.47. The third-order valence-corrected chi connectivity index (χ3v) is 3.67. The van der Waals surface area contributed by atoms with Crippen molar-refractivity contribution in [3.63, 3.8) is 0 Å². The highest BCUT2D eigenvalue weighted by molar-refractivity contribution is 6.33. The number of halogens is 1. The molecule has 0 heterocycles. The van der Waals surface area contributed by atoms with Crippen molar-refractivity contribution in [3.8, 4) is 0 Å². The summed E-state index contributed by atoms with van der Waals surface area (Å²) in [6, 6.07) is 5.64. The molecule has 0 radical (unpaired) electrons. The highest BCUT2D eigenvalue weighted by Crippen LogP contribution is 2.34. The average molecular weight is 266 g/mol. The van der Waals surface area contributed by atoms with Crippen LogP contribution in [0.25, 0.3) is 0 Å². The Morgan fingerprint density at radius 2 is 2.17 bits per heavy atom. The summed E-state index contributed by atoms with van der Waals surface area (Å²) in [6.45, 7) is 5.86. The lowest BCUT2D eigenvalue weighted by molar-refractivity contribution is 0.101. The fourth-order valence-electron chi connectivity index (χ4n) is 2.17. The number of Topliss-reactive ketones (excluding diaryl/α,β-unsaturated/α-hetero) is 1. The Labute approximate surface area is 114 Å². The Hall–Kier alpha value is -1.02. The number of ketones is 1. The number of benzene rings is 1. The molecule has 0 N–H and O–H groups in total. The average Bonchev–Trinajstić information content (AvgIpc) is 3.12. The maximum absolute atomic E-state index is 11.3. The van der Waals surface area contributed by atoms with E-state index in [0.29, 0.717) is 10.6 Å². The van der Waals surface area contributed by atoms with E-state index in [4.69, 9.17) is 11.6 Å². The van der Waals surface area contributed by atoms with E-state index in [2.05, 4.69) is 11.8 Å². The first kappa shape index (κ1) is 13.4. The SMILES string of the molecule is CCCN(CC1CC1)c1ccc(C(C)=O)cc1Cl. The van der Waals surface area contributed by atoms with Gasteiger partial charge in [-0.2, -0.15) is 0 Å². The van der Waals surface area contributed by atoms with Crippen molar-refractivity contribution in [2.45, 2.75) is 33.1 Å². The summed E-state index contributed by atoms with van der Waals surface area (Å²) in [5.74, 6) is 0.896.